The minimum atomic E-state index is -3.33. The van der Waals surface area contributed by atoms with Gasteiger partial charge in [-0.15, -0.1) is 0 Å². The molecule has 0 radical (unpaired) electrons. The van der Waals surface area contributed by atoms with Crippen LogP contribution >= 0.6 is 22.9 Å². The molecule has 34 heavy (non-hydrogen) atoms. The number of thiazole rings is 1. The van der Waals surface area contributed by atoms with E-state index >= 15 is 0 Å². The zero-order chi connectivity index (χ0) is 24.3. The van der Waals surface area contributed by atoms with Gasteiger partial charge in [-0.05, 0) is 55.3 Å². The number of carbonyl (C=O) groups is 1. The highest BCUT2D eigenvalue weighted by Crippen LogP contribution is 2.34. The van der Waals surface area contributed by atoms with Gasteiger partial charge < -0.3 is 4.74 Å². The van der Waals surface area contributed by atoms with E-state index in [0.29, 0.717) is 22.3 Å². The first-order valence-corrected chi connectivity index (χ1v) is 14.1. The maximum atomic E-state index is 13.6. The third-order valence-corrected chi connectivity index (χ3v) is 8.91. The highest BCUT2D eigenvalue weighted by atomic mass is 35.5. The van der Waals surface area contributed by atoms with Gasteiger partial charge in [0, 0.05) is 36.8 Å². The molecule has 0 unspecified atom stereocenters. The van der Waals surface area contributed by atoms with Crippen LogP contribution < -0.4 is 4.90 Å². The van der Waals surface area contributed by atoms with Gasteiger partial charge in [-0.25, -0.2) is 13.4 Å². The first-order chi connectivity index (χ1) is 16.3. The number of carbonyl (C=O) groups excluding carboxylic acids is 1. The van der Waals surface area contributed by atoms with Crippen LogP contribution in [-0.2, 0) is 14.6 Å². The molecule has 2 heterocycles. The standard InChI is InChI=1S/C24H28ClN3O4S2/c1-3-34(30,31)20-7-5-18(6-8-20)23(29)28(10-4-9-27-11-13-32-14-12-27)24-26-22-17(2)15-19(25)16-21(22)33-24/h5-8,15-16H,3-4,9-14H2,1-2H3. The number of ether oxygens (including phenoxy) is 1. The van der Waals surface area contributed by atoms with E-state index in [1.54, 1.807) is 24.0 Å². The first-order valence-electron chi connectivity index (χ1n) is 11.3. The number of benzene rings is 2. The Morgan fingerprint density at radius 2 is 1.91 bits per heavy atom. The van der Waals surface area contributed by atoms with Crippen molar-refractivity contribution in [2.75, 3.05) is 50.0 Å². The number of fused-ring (bicyclic) bond motifs is 1. The summed E-state index contributed by atoms with van der Waals surface area (Å²) in [6.07, 6.45) is 0.781. The fraction of sp³-hybridized carbons (Fsp3) is 0.417. The molecule has 1 aliphatic rings. The lowest BCUT2D eigenvalue weighted by atomic mass is 10.2. The molecule has 0 bridgehead atoms. The van der Waals surface area contributed by atoms with Gasteiger partial charge >= 0.3 is 0 Å². The summed E-state index contributed by atoms with van der Waals surface area (Å²) in [5.74, 6) is -0.188. The lowest BCUT2D eigenvalue weighted by molar-refractivity contribution is 0.0376. The Bertz CT molecular complexity index is 1270. The molecular weight excluding hydrogens is 494 g/mol. The van der Waals surface area contributed by atoms with E-state index in [9.17, 15) is 13.2 Å². The number of hydrogen-bond donors (Lipinski definition) is 0. The van der Waals surface area contributed by atoms with Gasteiger partial charge in [0.25, 0.3) is 5.91 Å². The third kappa shape index (κ3) is 5.60. The van der Waals surface area contributed by atoms with Crippen LogP contribution in [0.1, 0.15) is 29.3 Å². The zero-order valence-electron chi connectivity index (χ0n) is 19.3. The van der Waals surface area contributed by atoms with E-state index in [2.05, 4.69) is 4.90 Å². The Kier molecular flexibility index (Phi) is 7.89. The number of hydrogen-bond acceptors (Lipinski definition) is 7. The predicted molar refractivity (Wildman–Crippen MR) is 137 cm³/mol. The van der Waals surface area contributed by atoms with Crippen molar-refractivity contribution in [3.63, 3.8) is 0 Å². The van der Waals surface area contributed by atoms with Crippen molar-refractivity contribution >= 4 is 54.0 Å². The Labute approximate surface area is 209 Å². The van der Waals surface area contributed by atoms with Gasteiger partial charge in [0.15, 0.2) is 15.0 Å². The quantitative estimate of drug-likeness (QED) is 0.436. The lowest BCUT2D eigenvalue weighted by Crippen LogP contribution is -2.39. The van der Waals surface area contributed by atoms with Crippen LogP contribution in [0.15, 0.2) is 41.3 Å². The predicted octanol–water partition coefficient (Wildman–Crippen LogP) is 4.42. The molecule has 0 atom stereocenters. The molecule has 3 aromatic rings. The van der Waals surface area contributed by atoms with Crippen LogP contribution in [0, 0.1) is 6.92 Å². The van der Waals surface area contributed by atoms with Crippen molar-refractivity contribution in [2.24, 2.45) is 0 Å². The van der Waals surface area contributed by atoms with E-state index in [4.69, 9.17) is 21.3 Å². The molecule has 1 saturated heterocycles. The van der Waals surface area contributed by atoms with Crippen molar-refractivity contribution in [3.05, 3.63) is 52.5 Å². The van der Waals surface area contributed by atoms with Crippen LogP contribution in [0.5, 0.6) is 0 Å². The van der Waals surface area contributed by atoms with Crippen molar-refractivity contribution < 1.29 is 17.9 Å². The smallest absolute Gasteiger partial charge is 0.260 e. The molecule has 1 aliphatic heterocycles. The topological polar surface area (TPSA) is 79.8 Å². The summed E-state index contributed by atoms with van der Waals surface area (Å²) in [4.78, 5) is 22.6. The van der Waals surface area contributed by atoms with Gasteiger partial charge in [-0.3, -0.25) is 14.6 Å². The molecule has 0 spiro atoms. The molecule has 182 valence electrons. The van der Waals surface area contributed by atoms with Crippen molar-refractivity contribution in [3.8, 4) is 0 Å². The molecule has 10 heteroatoms. The number of aryl methyl sites for hydroxylation is 1. The van der Waals surface area contributed by atoms with Crippen molar-refractivity contribution in [2.45, 2.75) is 25.2 Å². The Balaban J connectivity index is 1.61. The minimum Gasteiger partial charge on any atom is -0.379 e. The molecule has 0 saturated carbocycles. The second-order valence-electron chi connectivity index (χ2n) is 8.26. The third-order valence-electron chi connectivity index (χ3n) is 5.92. The first kappa shape index (κ1) is 25.1. The van der Waals surface area contributed by atoms with Crippen LogP contribution in [0.3, 0.4) is 0 Å². The maximum absolute atomic E-state index is 13.6. The monoisotopic (exact) mass is 521 g/mol. The molecule has 2 aromatic carbocycles. The number of anilines is 1. The van der Waals surface area contributed by atoms with Gasteiger partial charge in [0.2, 0.25) is 0 Å². The van der Waals surface area contributed by atoms with Crippen molar-refractivity contribution in [1.82, 2.24) is 9.88 Å². The van der Waals surface area contributed by atoms with E-state index in [0.717, 1.165) is 55.0 Å². The van der Waals surface area contributed by atoms with Gasteiger partial charge in [-0.1, -0.05) is 29.9 Å². The fourth-order valence-corrected chi connectivity index (χ4v) is 6.28. The summed E-state index contributed by atoms with van der Waals surface area (Å²) in [6, 6.07) is 9.89. The Morgan fingerprint density at radius 3 is 2.59 bits per heavy atom. The fourth-order valence-electron chi connectivity index (χ4n) is 3.95. The summed E-state index contributed by atoms with van der Waals surface area (Å²) in [5, 5.41) is 1.25. The molecule has 1 amide bonds. The number of halogens is 1. The molecule has 1 aromatic heterocycles. The summed E-state index contributed by atoms with van der Waals surface area (Å²) in [6.45, 7) is 8.15. The normalized spacial score (nSPS) is 15.0. The van der Waals surface area contributed by atoms with Gasteiger partial charge in [-0.2, -0.15) is 0 Å². The van der Waals surface area contributed by atoms with Crippen LogP contribution in [0.2, 0.25) is 5.02 Å². The van der Waals surface area contributed by atoms with E-state index < -0.39 is 9.84 Å². The summed E-state index contributed by atoms with van der Waals surface area (Å²) in [5.41, 5.74) is 2.22. The zero-order valence-corrected chi connectivity index (χ0v) is 21.7. The van der Waals surface area contributed by atoms with Gasteiger partial charge in [0.05, 0.1) is 34.1 Å². The lowest BCUT2D eigenvalue weighted by Gasteiger charge is -2.27. The maximum Gasteiger partial charge on any atom is 0.260 e. The SMILES string of the molecule is CCS(=O)(=O)c1ccc(C(=O)N(CCCN2CCOCC2)c2nc3c(C)cc(Cl)cc3s2)cc1. The molecule has 4 rings (SSSR count). The average Bonchev–Trinajstić information content (AvgIpc) is 3.26. The largest absolute Gasteiger partial charge is 0.379 e. The average molecular weight is 522 g/mol. The number of rotatable bonds is 8. The Morgan fingerprint density at radius 1 is 1.21 bits per heavy atom. The number of aromatic nitrogens is 1. The molecule has 7 nitrogen and oxygen atoms in total. The number of nitrogens with zero attached hydrogens (tertiary/aromatic N) is 3. The van der Waals surface area contributed by atoms with Crippen LogP contribution in [0.25, 0.3) is 10.2 Å². The highest BCUT2D eigenvalue weighted by Gasteiger charge is 2.23. The second-order valence-corrected chi connectivity index (χ2v) is 12.0. The van der Waals surface area contributed by atoms with E-state index in [1.807, 2.05) is 19.1 Å². The highest BCUT2D eigenvalue weighted by molar-refractivity contribution is 7.91. The number of amides is 1. The van der Waals surface area contributed by atoms with Gasteiger partial charge in [0.1, 0.15) is 0 Å². The Hall–Kier alpha value is -2.04. The van der Waals surface area contributed by atoms with Crippen LogP contribution in [0.4, 0.5) is 5.13 Å². The molecular formula is C24H28ClN3O4S2. The second kappa shape index (κ2) is 10.7. The number of morpholine rings is 1. The molecule has 1 fully saturated rings. The molecule has 0 aliphatic carbocycles. The van der Waals surface area contributed by atoms with E-state index in [1.165, 1.54) is 23.5 Å². The minimum absolute atomic E-state index is 0.0154. The summed E-state index contributed by atoms with van der Waals surface area (Å²) >= 11 is 7.67. The number of sulfone groups is 1. The molecule has 0 N–H and O–H groups in total. The summed E-state index contributed by atoms with van der Waals surface area (Å²) < 4.78 is 30.7. The summed E-state index contributed by atoms with van der Waals surface area (Å²) in [7, 11) is -3.33. The van der Waals surface area contributed by atoms with Crippen molar-refractivity contribution in [1.29, 1.82) is 0 Å². The van der Waals surface area contributed by atoms with E-state index in [-0.39, 0.29) is 16.6 Å². The van der Waals surface area contributed by atoms with Crippen LogP contribution in [-0.4, -0.2) is 69.4 Å².